The number of carbonyl (C=O) groups is 1. The molecule has 0 atom stereocenters. The summed E-state index contributed by atoms with van der Waals surface area (Å²) < 4.78 is 0. The Morgan fingerprint density at radius 2 is 2.00 bits per heavy atom. The maximum absolute atomic E-state index is 11.8. The van der Waals surface area contributed by atoms with E-state index in [1.807, 2.05) is 0 Å². The summed E-state index contributed by atoms with van der Waals surface area (Å²) in [5.74, 6) is 0.683. The van der Waals surface area contributed by atoms with E-state index in [1.165, 1.54) is 32.1 Å². The fraction of sp³-hybridized carbons (Fsp3) is 0.846. The second-order valence-electron chi connectivity index (χ2n) is 5.70. The Balaban J connectivity index is 2.32. The van der Waals surface area contributed by atoms with Crippen LogP contribution in [0.15, 0.2) is 5.16 Å². The zero-order valence-electron chi connectivity index (χ0n) is 11.4. The number of oxime groups is 1. The summed E-state index contributed by atoms with van der Waals surface area (Å²) in [7, 11) is 0. The van der Waals surface area contributed by atoms with Crippen LogP contribution in [0.4, 0.5) is 0 Å². The SMILES string of the molecule is CC(C)(NC(=O)CCC1CCCCC1)/C(N)=N/O. The number of nitrogens with one attached hydrogen (secondary N) is 1. The Hall–Kier alpha value is -1.26. The van der Waals surface area contributed by atoms with Crippen molar-refractivity contribution in [3.05, 3.63) is 0 Å². The Labute approximate surface area is 109 Å². The highest BCUT2D eigenvalue weighted by Gasteiger charge is 2.26. The lowest BCUT2D eigenvalue weighted by Crippen LogP contribution is -2.53. The molecule has 0 unspecified atom stereocenters. The summed E-state index contributed by atoms with van der Waals surface area (Å²) in [5, 5.41) is 14.4. The van der Waals surface area contributed by atoms with Crippen molar-refractivity contribution in [1.82, 2.24) is 5.32 Å². The van der Waals surface area contributed by atoms with Crippen molar-refractivity contribution in [2.75, 3.05) is 0 Å². The fourth-order valence-electron chi connectivity index (χ4n) is 2.41. The molecule has 0 aromatic carbocycles. The van der Waals surface area contributed by atoms with Crippen LogP contribution in [0.25, 0.3) is 0 Å². The molecule has 1 saturated carbocycles. The van der Waals surface area contributed by atoms with Gasteiger partial charge in [-0.25, -0.2) is 0 Å². The van der Waals surface area contributed by atoms with Gasteiger partial charge in [-0.15, -0.1) is 0 Å². The molecule has 1 fully saturated rings. The fourth-order valence-corrected chi connectivity index (χ4v) is 2.41. The Kier molecular flexibility index (Phi) is 5.44. The van der Waals surface area contributed by atoms with Crippen molar-refractivity contribution in [3.8, 4) is 0 Å². The van der Waals surface area contributed by atoms with Gasteiger partial charge in [0.1, 0.15) is 0 Å². The third-order valence-electron chi connectivity index (χ3n) is 3.70. The van der Waals surface area contributed by atoms with Crippen molar-refractivity contribution in [2.24, 2.45) is 16.8 Å². The number of hydrogen-bond acceptors (Lipinski definition) is 3. The first-order chi connectivity index (χ1) is 8.45. The van der Waals surface area contributed by atoms with E-state index in [4.69, 9.17) is 10.9 Å². The van der Waals surface area contributed by atoms with Gasteiger partial charge in [0.05, 0.1) is 5.54 Å². The van der Waals surface area contributed by atoms with Gasteiger partial charge >= 0.3 is 0 Å². The van der Waals surface area contributed by atoms with Gasteiger partial charge in [0, 0.05) is 6.42 Å². The zero-order chi connectivity index (χ0) is 13.6. The van der Waals surface area contributed by atoms with E-state index < -0.39 is 5.54 Å². The monoisotopic (exact) mass is 255 g/mol. The van der Waals surface area contributed by atoms with Gasteiger partial charge in [-0.05, 0) is 26.2 Å². The van der Waals surface area contributed by atoms with Crippen LogP contribution in [0.2, 0.25) is 0 Å². The number of amidine groups is 1. The van der Waals surface area contributed by atoms with E-state index in [-0.39, 0.29) is 11.7 Å². The topological polar surface area (TPSA) is 87.7 Å². The molecule has 0 spiro atoms. The predicted octanol–water partition coefficient (Wildman–Crippen LogP) is 1.99. The van der Waals surface area contributed by atoms with Gasteiger partial charge in [-0.3, -0.25) is 4.79 Å². The number of carbonyl (C=O) groups excluding carboxylic acids is 1. The van der Waals surface area contributed by atoms with Crippen molar-refractivity contribution in [3.63, 3.8) is 0 Å². The molecule has 0 heterocycles. The van der Waals surface area contributed by atoms with Crippen molar-refractivity contribution >= 4 is 11.7 Å². The van der Waals surface area contributed by atoms with Crippen molar-refractivity contribution in [2.45, 2.75) is 64.3 Å². The van der Waals surface area contributed by atoms with Gasteiger partial charge in [-0.2, -0.15) is 0 Å². The highest BCUT2D eigenvalue weighted by Crippen LogP contribution is 2.27. The molecule has 5 heteroatoms. The zero-order valence-corrected chi connectivity index (χ0v) is 11.4. The van der Waals surface area contributed by atoms with Crippen LogP contribution in [0, 0.1) is 5.92 Å². The first-order valence-electron chi connectivity index (χ1n) is 6.74. The van der Waals surface area contributed by atoms with E-state index in [9.17, 15) is 4.79 Å². The number of nitrogens with zero attached hydrogens (tertiary/aromatic N) is 1. The van der Waals surface area contributed by atoms with Crippen LogP contribution in [0.1, 0.15) is 58.8 Å². The normalized spacial score (nSPS) is 18.7. The Morgan fingerprint density at radius 1 is 1.39 bits per heavy atom. The third kappa shape index (κ3) is 4.55. The minimum Gasteiger partial charge on any atom is -0.409 e. The smallest absolute Gasteiger partial charge is 0.220 e. The molecule has 0 radical (unpaired) electrons. The van der Waals surface area contributed by atoms with Gasteiger partial charge in [0.25, 0.3) is 0 Å². The molecule has 5 nitrogen and oxygen atoms in total. The van der Waals surface area contributed by atoms with Crippen LogP contribution >= 0.6 is 0 Å². The summed E-state index contributed by atoms with van der Waals surface area (Å²) in [6.45, 7) is 3.45. The molecule has 18 heavy (non-hydrogen) atoms. The number of rotatable bonds is 5. The first-order valence-corrected chi connectivity index (χ1v) is 6.74. The van der Waals surface area contributed by atoms with E-state index in [1.54, 1.807) is 13.8 Å². The second kappa shape index (κ2) is 6.61. The average Bonchev–Trinajstić information content (AvgIpc) is 2.36. The molecule has 0 aliphatic heterocycles. The second-order valence-corrected chi connectivity index (χ2v) is 5.70. The van der Waals surface area contributed by atoms with Crippen LogP contribution in [0.3, 0.4) is 0 Å². The molecule has 1 amide bonds. The number of hydrogen-bond donors (Lipinski definition) is 3. The number of nitrogens with two attached hydrogens (primary N) is 1. The predicted molar refractivity (Wildman–Crippen MR) is 71.4 cm³/mol. The number of amides is 1. The lowest BCUT2D eigenvalue weighted by Gasteiger charge is -2.26. The van der Waals surface area contributed by atoms with Crippen LogP contribution in [-0.4, -0.2) is 22.5 Å². The Bertz CT molecular complexity index is 307. The maximum atomic E-state index is 11.8. The van der Waals surface area contributed by atoms with Gasteiger partial charge in [-0.1, -0.05) is 37.3 Å². The van der Waals surface area contributed by atoms with Crippen molar-refractivity contribution < 1.29 is 10.0 Å². The van der Waals surface area contributed by atoms with E-state index >= 15 is 0 Å². The molecule has 1 rings (SSSR count). The van der Waals surface area contributed by atoms with E-state index in [0.717, 1.165) is 6.42 Å². The summed E-state index contributed by atoms with van der Waals surface area (Å²) in [5.41, 5.74) is 4.73. The highest BCUT2D eigenvalue weighted by atomic mass is 16.4. The average molecular weight is 255 g/mol. The van der Waals surface area contributed by atoms with Crippen molar-refractivity contribution in [1.29, 1.82) is 0 Å². The van der Waals surface area contributed by atoms with Gasteiger partial charge < -0.3 is 16.3 Å². The minimum absolute atomic E-state index is 0.0218. The standard InChI is InChI=1S/C13H25N3O2/c1-13(2,12(14)16-18)15-11(17)9-8-10-6-4-3-5-7-10/h10,18H,3-9H2,1-2H3,(H2,14,16)(H,15,17). The summed E-state index contributed by atoms with van der Waals surface area (Å²) in [6.07, 6.45) is 7.88. The van der Waals surface area contributed by atoms with Gasteiger partial charge in [0.2, 0.25) is 5.91 Å². The molecular formula is C13H25N3O2. The highest BCUT2D eigenvalue weighted by molar-refractivity contribution is 5.93. The van der Waals surface area contributed by atoms with Crippen LogP contribution < -0.4 is 11.1 Å². The Morgan fingerprint density at radius 3 is 2.56 bits per heavy atom. The largest absolute Gasteiger partial charge is 0.409 e. The van der Waals surface area contributed by atoms with Crippen LogP contribution in [0.5, 0.6) is 0 Å². The molecule has 0 saturated heterocycles. The quantitative estimate of drug-likeness (QED) is 0.304. The molecule has 4 N–H and O–H groups in total. The molecule has 1 aliphatic rings. The maximum Gasteiger partial charge on any atom is 0.220 e. The molecule has 0 aromatic heterocycles. The van der Waals surface area contributed by atoms with Gasteiger partial charge in [0.15, 0.2) is 5.84 Å². The van der Waals surface area contributed by atoms with E-state index in [2.05, 4.69) is 10.5 Å². The molecule has 0 bridgehead atoms. The molecule has 0 aromatic rings. The van der Waals surface area contributed by atoms with E-state index in [0.29, 0.717) is 12.3 Å². The molecular weight excluding hydrogens is 230 g/mol. The lowest BCUT2D eigenvalue weighted by molar-refractivity contribution is -0.122. The molecule has 1 aliphatic carbocycles. The minimum atomic E-state index is -0.793. The summed E-state index contributed by atoms with van der Waals surface area (Å²) in [6, 6.07) is 0. The lowest BCUT2D eigenvalue weighted by atomic mass is 9.86. The first kappa shape index (κ1) is 14.8. The summed E-state index contributed by atoms with van der Waals surface area (Å²) >= 11 is 0. The van der Waals surface area contributed by atoms with Crippen LogP contribution in [-0.2, 0) is 4.79 Å². The summed E-state index contributed by atoms with van der Waals surface area (Å²) in [4.78, 5) is 11.8. The third-order valence-corrected chi connectivity index (χ3v) is 3.70. The molecule has 104 valence electrons.